The van der Waals surface area contributed by atoms with Crippen LogP contribution >= 0.6 is 27.5 Å². The molecular formula is C12H18BrClN2O3S. The van der Waals surface area contributed by atoms with Gasteiger partial charge < -0.3 is 10.5 Å². The third kappa shape index (κ3) is 4.60. The molecule has 5 nitrogen and oxygen atoms in total. The standard InChI is InChI=1S/C12H18BrClN2O3S/c1-4-19-12(2,3)7-16-20(17,18)10-6-8(14)5-9(15)11(10)13/h5-6,16H,4,7,15H2,1-3H3. The lowest BCUT2D eigenvalue weighted by Gasteiger charge is -2.25. The van der Waals surface area contributed by atoms with E-state index in [1.165, 1.54) is 12.1 Å². The second-order valence-corrected chi connectivity index (χ2v) is 7.79. The highest BCUT2D eigenvalue weighted by atomic mass is 79.9. The van der Waals surface area contributed by atoms with Crippen molar-refractivity contribution < 1.29 is 13.2 Å². The van der Waals surface area contributed by atoms with Crippen molar-refractivity contribution >= 4 is 43.2 Å². The zero-order valence-electron chi connectivity index (χ0n) is 11.5. The Morgan fingerprint density at radius 3 is 2.60 bits per heavy atom. The number of ether oxygens (including phenoxy) is 1. The molecule has 0 unspecified atom stereocenters. The minimum Gasteiger partial charge on any atom is -0.398 e. The second-order valence-electron chi connectivity index (χ2n) is 4.82. The van der Waals surface area contributed by atoms with E-state index in [9.17, 15) is 8.42 Å². The van der Waals surface area contributed by atoms with Gasteiger partial charge in [0.05, 0.1) is 15.0 Å². The number of hydrogen-bond acceptors (Lipinski definition) is 4. The van der Waals surface area contributed by atoms with Crippen molar-refractivity contribution in [2.45, 2.75) is 31.3 Å². The molecule has 3 N–H and O–H groups in total. The van der Waals surface area contributed by atoms with Gasteiger partial charge in [-0.25, -0.2) is 13.1 Å². The van der Waals surface area contributed by atoms with Crippen molar-refractivity contribution in [2.75, 3.05) is 18.9 Å². The maximum absolute atomic E-state index is 12.3. The summed E-state index contributed by atoms with van der Waals surface area (Å²) in [5.74, 6) is 0. The van der Waals surface area contributed by atoms with Crippen molar-refractivity contribution in [3.8, 4) is 0 Å². The van der Waals surface area contributed by atoms with Gasteiger partial charge in [-0.1, -0.05) is 11.6 Å². The number of rotatable bonds is 6. The zero-order valence-corrected chi connectivity index (χ0v) is 14.7. The zero-order chi connectivity index (χ0) is 15.6. The van der Waals surface area contributed by atoms with Crippen molar-refractivity contribution in [3.05, 3.63) is 21.6 Å². The lowest BCUT2D eigenvalue weighted by atomic mass is 10.1. The lowest BCUT2D eigenvalue weighted by Crippen LogP contribution is -2.40. The molecule has 0 saturated carbocycles. The van der Waals surface area contributed by atoms with Crippen molar-refractivity contribution in [1.82, 2.24) is 4.72 Å². The van der Waals surface area contributed by atoms with Crippen LogP contribution in [0.15, 0.2) is 21.5 Å². The molecule has 1 rings (SSSR count). The van der Waals surface area contributed by atoms with Crippen LogP contribution in [0.3, 0.4) is 0 Å². The van der Waals surface area contributed by atoms with Crippen LogP contribution in [0.5, 0.6) is 0 Å². The Bertz CT molecular complexity index is 591. The molecule has 0 aliphatic carbocycles. The molecule has 1 aromatic rings. The number of nitrogens with one attached hydrogen (secondary N) is 1. The third-order valence-electron chi connectivity index (χ3n) is 2.54. The van der Waals surface area contributed by atoms with Crippen LogP contribution in [0.1, 0.15) is 20.8 Å². The number of sulfonamides is 1. The molecule has 0 spiro atoms. The Kier molecular flexibility index (Phi) is 5.86. The number of hydrogen-bond donors (Lipinski definition) is 2. The molecule has 0 amide bonds. The quantitative estimate of drug-likeness (QED) is 0.738. The summed E-state index contributed by atoms with van der Waals surface area (Å²) < 4.78 is 32.8. The van der Waals surface area contributed by atoms with Crippen LogP contribution in [0, 0.1) is 0 Å². The molecule has 8 heteroatoms. The molecule has 0 aliphatic heterocycles. The molecule has 1 aromatic carbocycles. The third-order valence-corrected chi connectivity index (χ3v) is 5.34. The average Bonchev–Trinajstić information content (AvgIpc) is 2.31. The van der Waals surface area contributed by atoms with Gasteiger partial charge in [0.2, 0.25) is 10.0 Å². The van der Waals surface area contributed by atoms with E-state index in [-0.39, 0.29) is 22.2 Å². The number of nitrogen functional groups attached to an aromatic ring is 1. The van der Waals surface area contributed by atoms with Gasteiger partial charge in [0, 0.05) is 23.9 Å². The fourth-order valence-corrected chi connectivity index (χ4v) is 4.06. The molecule has 0 atom stereocenters. The predicted molar refractivity (Wildman–Crippen MR) is 84.5 cm³/mol. The predicted octanol–water partition coefficient (Wildman–Crippen LogP) is 2.78. The fraction of sp³-hybridized carbons (Fsp3) is 0.500. The molecule has 0 aliphatic rings. The molecule has 0 fully saturated rings. The molecule has 20 heavy (non-hydrogen) atoms. The Balaban J connectivity index is 3.01. The smallest absolute Gasteiger partial charge is 0.241 e. The van der Waals surface area contributed by atoms with E-state index in [0.717, 1.165) is 0 Å². The fourth-order valence-electron chi connectivity index (χ4n) is 1.57. The van der Waals surface area contributed by atoms with Gasteiger partial charge in [0.15, 0.2) is 0 Å². The first-order chi connectivity index (χ1) is 9.09. The second kappa shape index (κ2) is 6.62. The Morgan fingerprint density at radius 2 is 2.05 bits per heavy atom. The van der Waals surface area contributed by atoms with Gasteiger partial charge in [-0.05, 0) is 48.8 Å². The average molecular weight is 386 g/mol. The molecule has 0 heterocycles. The molecule has 0 saturated heterocycles. The summed E-state index contributed by atoms with van der Waals surface area (Å²) in [5, 5.41) is 0.259. The van der Waals surface area contributed by atoms with Crippen molar-refractivity contribution in [3.63, 3.8) is 0 Å². The highest BCUT2D eigenvalue weighted by molar-refractivity contribution is 9.10. The first-order valence-corrected chi connectivity index (χ1v) is 8.62. The summed E-state index contributed by atoms with van der Waals surface area (Å²) in [4.78, 5) is 0.00907. The first-order valence-electron chi connectivity index (χ1n) is 5.97. The van der Waals surface area contributed by atoms with E-state index in [4.69, 9.17) is 22.1 Å². The molecule has 0 bridgehead atoms. The number of nitrogens with two attached hydrogens (primary N) is 1. The largest absolute Gasteiger partial charge is 0.398 e. The maximum Gasteiger partial charge on any atom is 0.241 e. The van der Waals surface area contributed by atoms with Crippen LogP contribution in [-0.4, -0.2) is 27.2 Å². The van der Waals surface area contributed by atoms with Gasteiger partial charge in [-0.2, -0.15) is 0 Å². The molecule has 114 valence electrons. The number of halogens is 2. The molecule has 0 aromatic heterocycles. The minimum atomic E-state index is -3.73. The van der Waals surface area contributed by atoms with E-state index < -0.39 is 15.6 Å². The van der Waals surface area contributed by atoms with E-state index >= 15 is 0 Å². The normalized spacial score (nSPS) is 12.7. The summed E-state index contributed by atoms with van der Waals surface area (Å²) in [6.45, 7) is 6.11. The monoisotopic (exact) mass is 384 g/mol. The topological polar surface area (TPSA) is 81.4 Å². The van der Waals surface area contributed by atoms with E-state index in [2.05, 4.69) is 20.7 Å². The van der Waals surface area contributed by atoms with Gasteiger partial charge in [0.1, 0.15) is 0 Å². The highest BCUT2D eigenvalue weighted by Crippen LogP contribution is 2.31. The van der Waals surface area contributed by atoms with E-state index in [0.29, 0.717) is 11.1 Å². The SMILES string of the molecule is CCOC(C)(C)CNS(=O)(=O)c1cc(Cl)cc(N)c1Br. The van der Waals surface area contributed by atoms with Gasteiger partial charge in [-0.3, -0.25) is 0 Å². The van der Waals surface area contributed by atoms with Gasteiger partial charge >= 0.3 is 0 Å². The van der Waals surface area contributed by atoms with Gasteiger partial charge in [-0.15, -0.1) is 0 Å². The Morgan fingerprint density at radius 1 is 1.45 bits per heavy atom. The van der Waals surface area contributed by atoms with Crippen molar-refractivity contribution in [2.24, 2.45) is 0 Å². The Hall–Kier alpha value is -0.340. The summed E-state index contributed by atoms with van der Waals surface area (Å²) in [6, 6.07) is 2.83. The maximum atomic E-state index is 12.3. The summed E-state index contributed by atoms with van der Waals surface area (Å²) in [5.41, 5.74) is 5.37. The van der Waals surface area contributed by atoms with E-state index in [1.54, 1.807) is 13.8 Å². The highest BCUT2D eigenvalue weighted by Gasteiger charge is 2.25. The van der Waals surface area contributed by atoms with Crippen LogP contribution in [0.2, 0.25) is 5.02 Å². The molecular weight excluding hydrogens is 368 g/mol. The van der Waals surface area contributed by atoms with Crippen LogP contribution < -0.4 is 10.5 Å². The lowest BCUT2D eigenvalue weighted by molar-refractivity contribution is -0.00515. The van der Waals surface area contributed by atoms with Crippen LogP contribution in [0.25, 0.3) is 0 Å². The van der Waals surface area contributed by atoms with Crippen LogP contribution in [0.4, 0.5) is 5.69 Å². The Labute approximate surface area is 133 Å². The van der Waals surface area contributed by atoms with E-state index in [1.807, 2.05) is 6.92 Å². The van der Waals surface area contributed by atoms with Gasteiger partial charge in [0.25, 0.3) is 0 Å². The number of benzene rings is 1. The van der Waals surface area contributed by atoms with Crippen LogP contribution in [-0.2, 0) is 14.8 Å². The molecule has 0 radical (unpaired) electrons. The summed E-state index contributed by atoms with van der Waals surface area (Å²) >= 11 is 9.02. The summed E-state index contributed by atoms with van der Waals surface area (Å²) in [7, 11) is -3.73. The number of anilines is 1. The minimum absolute atomic E-state index is 0.00907. The van der Waals surface area contributed by atoms with Crippen molar-refractivity contribution in [1.29, 1.82) is 0 Å². The first kappa shape index (κ1) is 17.7. The summed E-state index contributed by atoms with van der Waals surface area (Å²) in [6.07, 6.45) is 0.